The molecule has 1 aliphatic carbocycles. The number of pyridine rings is 1. The molecule has 0 N–H and O–H groups in total. The Morgan fingerprint density at radius 3 is 2.56 bits per heavy atom. The van der Waals surface area contributed by atoms with Gasteiger partial charge in [-0.3, -0.25) is 14.6 Å². The number of benzene rings is 2. The van der Waals surface area contributed by atoms with Gasteiger partial charge in [0.25, 0.3) is 5.91 Å². The van der Waals surface area contributed by atoms with Gasteiger partial charge in [-0.2, -0.15) is 0 Å². The molecule has 0 atom stereocenters. The number of nitrogens with zero attached hydrogens (tertiary/aromatic N) is 3. The second-order valence-corrected chi connectivity index (χ2v) is 11.4. The van der Waals surface area contributed by atoms with Crippen LogP contribution in [0.4, 0.5) is 0 Å². The maximum absolute atomic E-state index is 13.7. The summed E-state index contributed by atoms with van der Waals surface area (Å²) in [5.74, 6) is -0.154. The molecule has 2 aromatic carbocycles. The van der Waals surface area contributed by atoms with E-state index in [1.165, 1.54) is 12.3 Å². The van der Waals surface area contributed by atoms with Crippen LogP contribution < -0.4 is 44.1 Å². The van der Waals surface area contributed by atoms with Gasteiger partial charge in [0.05, 0.1) is 30.1 Å². The van der Waals surface area contributed by atoms with Gasteiger partial charge >= 0.3 is 29.6 Å². The van der Waals surface area contributed by atoms with Gasteiger partial charge in [-0.1, -0.05) is 6.07 Å². The molecule has 7 rings (SSSR count). The number of Topliss-reactive ketones (excluding diaryl/α,β-unsaturated/α-hetero) is 1. The number of ketones is 1. The van der Waals surface area contributed by atoms with Crippen LogP contribution in [0.3, 0.4) is 0 Å². The SMILES string of the molecule is CCOc1cc(C(=O)N2CCC3(CC2)CC(=O)c2cc(-c4cncc(C(=O)[O-])c4)ccc2O3)cc2c1ccn2C1CC1.[Na+]. The minimum absolute atomic E-state index is 0. The minimum atomic E-state index is -1.31. The van der Waals surface area contributed by atoms with E-state index < -0.39 is 11.6 Å². The topological polar surface area (TPSA) is 114 Å². The average Bonchev–Trinajstić information content (AvgIpc) is 3.75. The molecule has 0 radical (unpaired) electrons. The Labute approximate surface area is 271 Å². The standard InChI is InChI=1S/C33H31N3O6.Na/c1-2-41-30-16-21(15-27-25(30)7-10-36(27)24-4-5-24)31(38)35-11-8-33(9-12-35)17-28(37)26-14-20(3-6-29(26)42-33)22-13-23(32(39)40)19-34-18-22;/h3,6-7,10,13-16,18-19,24H,2,4-5,8-9,11-12,17H2,1H3,(H,39,40);/q;+1/p-1. The van der Waals surface area contributed by atoms with Crippen molar-refractivity contribution < 1.29 is 58.5 Å². The minimum Gasteiger partial charge on any atom is -0.545 e. The number of aromatic nitrogens is 2. The van der Waals surface area contributed by atoms with Crippen LogP contribution in [-0.2, 0) is 0 Å². The molecular formula is C33H30N3NaO6. The van der Waals surface area contributed by atoms with Crippen molar-refractivity contribution in [2.45, 2.75) is 50.7 Å². The molecule has 214 valence electrons. The molecular weight excluding hydrogens is 557 g/mol. The zero-order chi connectivity index (χ0) is 29.0. The summed E-state index contributed by atoms with van der Waals surface area (Å²) < 4.78 is 14.6. The molecule has 2 fully saturated rings. The Bertz CT molecular complexity index is 1750. The Balaban J connectivity index is 0.00000329. The number of ether oxygens (including phenoxy) is 2. The third kappa shape index (κ3) is 5.46. The molecule has 2 aromatic heterocycles. The van der Waals surface area contributed by atoms with Crippen molar-refractivity contribution >= 4 is 28.6 Å². The van der Waals surface area contributed by atoms with Crippen molar-refractivity contribution in [3.05, 3.63) is 77.7 Å². The molecule has 0 bridgehead atoms. The number of hydrogen-bond donors (Lipinski definition) is 0. The fraction of sp³-hybridized carbons (Fsp3) is 0.333. The zero-order valence-electron chi connectivity index (χ0n) is 24.3. The van der Waals surface area contributed by atoms with E-state index in [1.807, 2.05) is 24.0 Å². The van der Waals surface area contributed by atoms with E-state index in [2.05, 4.69) is 21.8 Å². The van der Waals surface area contributed by atoms with Crippen LogP contribution in [-0.4, -0.2) is 57.4 Å². The fourth-order valence-electron chi connectivity index (χ4n) is 6.26. The smallest absolute Gasteiger partial charge is 0.545 e. The fourth-order valence-corrected chi connectivity index (χ4v) is 6.26. The molecule has 4 heterocycles. The second kappa shape index (κ2) is 11.4. The van der Waals surface area contributed by atoms with E-state index in [1.54, 1.807) is 24.4 Å². The quantitative estimate of drug-likeness (QED) is 0.314. The predicted molar refractivity (Wildman–Crippen MR) is 153 cm³/mol. The summed E-state index contributed by atoms with van der Waals surface area (Å²) in [4.78, 5) is 44.1. The van der Waals surface area contributed by atoms with Crippen LogP contribution in [0.1, 0.15) is 76.1 Å². The molecule has 10 heteroatoms. The second-order valence-electron chi connectivity index (χ2n) is 11.4. The van der Waals surface area contributed by atoms with E-state index in [-0.39, 0.29) is 53.2 Å². The Morgan fingerprint density at radius 2 is 1.84 bits per heavy atom. The molecule has 1 saturated heterocycles. The third-order valence-electron chi connectivity index (χ3n) is 8.65. The van der Waals surface area contributed by atoms with Crippen LogP contribution in [0.25, 0.3) is 22.0 Å². The number of piperidine rings is 1. The van der Waals surface area contributed by atoms with Crippen molar-refractivity contribution in [1.29, 1.82) is 0 Å². The molecule has 0 unspecified atom stereocenters. The van der Waals surface area contributed by atoms with Crippen molar-refractivity contribution in [2.75, 3.05) is 19.7 Å². The van der Waals surface area contributed by atoms with Crippen LogP contribution in [0.15, 0.2) is 61.1 Å². The zero-order valence-corrected chi connectivity index (χ0v) is 26.3. The first-order chi connectivity index (χ1) is 20.3. The third-order valence-corrected chi connectivity index (χ3v) is 8.65. The van der Waals surface area contributed by atoms with Gasteiger partial charge in [0.15, 0.2) is 5.78 Å². The molecule has 4 aromatic rings. The summed E-state index contributed by atoms with van der Waals surface area (Å²) in [6.45, 7) is 3.42. The van der Waals surface area contributed by atoms with E-state index in [4.69, 9.17) is 9.47 Å². The average molecular weight is 588 g/mol. The maximum Gasteiger partial charge on any atom is 1.00 e. The number of carboxylic acids is 1. The Morgan fingerprint density at radius 1 is 1.05 bits per heavy atom. The van der Waals surface area contributed by atoms with Gasteiger partial charge in [0.1, 0.15) is 17.1 Å². The number of fused-ring (bicyclic) bond motifs is 2. The molecule has 3 aliphatic rings. The van der Waals surface area contributed by atoms with Crippen molar-refractivity contribution in [3.63, 3.8) is 0 Å². The summed E-state index contributed by atoms with van der Waals surface area (Å²) >= 11 is 0. The summed E-state index contributed by atoms with van der Waals surface area (Å²) in [5, 5.41) is 12.3. The van der Waals surface area contributed by atoms with Crippen molar-refractivity contribution in [2.24, 2.45) is 0 Å². The Kier molecular flexibility index (Phi) is 7.83. The van der Waals surface area contributed by atoms with Crippen LogP contribution in [0.2, 0.25) is 0 Å². The molecule has 43 heavy (non-hydrogen) atoms. The summed E-state index contributed by atoms with van der Waals surface area (Å²) in [6.07, 6.45) is 8.47. The number of carbonyl (C=O) groups excluding carboxylic acids is 3. The number of likely N-dealkylation sites (tertiary alicyclic amines) is 1. The van der Waals surface area contributed by atoms with Crippen molar-refractivity contribution in [1.82, 2.24) is 14.5 Å². The number of hydrogen-bond acceptors (Lipinski definition) is 7. The monoisotopic (exact) mass is 587 g/mol. The first-order valence-electron chi connectivity index (χ1n) is 14.4. The number of aromatic carboxylic acids is 1. The van der Waals surface area contributed by atoms with Gasteiger partial charge in [0, 0.05) is 72.6 Å². The van der Waals surface area contributed by atoms with E-state index in [0.717, 1.165) is 29.5 Å². The molecule has 1 spiro atoms. The largest absolute Gasteiger partial charge is 1.00 e. The van der Waals surface area contributed by atoms with Gasteiger partial charge in [-0.15, -0.1) is 0 Å². The molecule has 1 amide bonds. The van der Waals surface area contributed by atoms with E-state index in [9.17, 15) is 19.5 Å². The number of carboxylic acid groups (broad SMARTS) is 1. The van der Waals surface area contributed by atoms with Gasteiger partial charge < -0.3 is 28.8 Å². The van der Waals surface area contributed by atoms with Crippen LogP contribution >= 0.6 is 0 Å². The number of carbonyl (C=O) groups is 3. The molecule has 2 aliphatic heterocycles. The maximum atomic E-state index is 13.7. The van der Waals surface area contributed by atoms with Gasteiger partial charge in [-0.25, -0.2) is 0 Å². The summed E-state index contributed by atoms with van der Waals surface area (Å²) in [7, 11) is 0. The number of amides is 1. The summed E-state index contributed by atoms with van der Waals surface area (Å²) in [5.41, 5.74) is 2.66. The number of rotatable bonds is 6. The van der Waals surface area contributed by atoms with Gasteiger partial charge in [0.2, 0.25) is 0 Å². The predicted octanol–water partition coefficient (Wildman–Crippen LogP) is 1.44. The molecule has 1 saturated carbocycles. The Hall–Kier alpha value is -3.66. The van der Waals surface area contributed by atoms with Crippen LogP contribution in [0, 0.1) is 0 Å². The van der Waals surface area contributed by atoms with E-state index in [0.29, 0.717) is 66.6 Å². The van der Waals surface area contributed by atoms with Crippen molar-refractivity contribution in [3.8, 4) is 22.6 Å². The first-order valence-corrected chi connectivity index (χ1v) is 14.4. The normalized spacial score (nSPS) is 17.2. The molecule has 9 nitrogen and oxygen atoms in total. The van der Waals surface area contributed by atoms with Crippen LogP contribution in [0.5, 0.6) is 11.5 Å². The first kappa shape index (κ1) is 29.4. The summed E-state index contributed by atoms with van der Waals surface area (Å²) in [6, 6.07) is 13.1. The van der Waals surface area contributed by atoms with Gasteiger partial charge in [-0.05, 0) is 61.7 Å². The van der Waals surface area contributed by atoms with E-state index >= 15 is 0 Å².